The molecule has 1 aliphatic carbocycles. The fraction of sp³-hybridized carbons (Fsp3) is 0.467. The Bertz CT molecular complexity index is 326. The molecule has 0 N–H and O–H groups in total. The van der Waals surface area contributed by atoms with Gasteiger partial charge in [-0.25, -0.2) is 0 Å². The lowest BCUT2D eigenvalue weighted by Gasteiger charge is -2.20. The smallest absolute Gasteiger partial charge is 0.0657 e. The van der Waals surface area contributed by atoms with Gasteiger partial charge in [0.05, 0.1) is 6.61 Å². The molecule has 0 fully saturated rings. The minimum absolute atomic E-state index is 0.532. The van der Waals surface area contributed by atoms with Crippen molar-refractivity contribution in [2.45, 2.75) is 25.5 Å². The highest BCUT2D eigenvalue weighted by atomic mass is 32.2. The van der Waals surface area contributed by atoms with Crippen molar-refractivity contribution in [2.24, 2.45) is 5.92 Å². The molecule has 94 valence electrons. The van der Waals surface area contributed by atoms with Gasteiger partial charge in [-0.2, -0.15) is 0 Å². The van der Waals surface area contributed by atoms with Crippen LogP contribution in [-0.4, -0.2) is 19.0 Å². The van der Waals surface area contributed by atoms with Gasteiger partial charge in [0.1, 0.15) is 0 Å². The molecule has 0 aromatic carbocycles. The molecule has 2 atom stereocenters. The molecule has 0 heterocycles. The van der Waals surface area contributed by atoms with Crippen molar-refractivity contribution in [1.29, 1.82) is 0 Å². The number of hydrogen-bond acceptors (Lipinski definition) is 2. The zero-order valence-corrected chi connectivity index (χ0v) is 11.7. The zero-order chi connectivity index (χ0) is 12.5. The maximum atomic E-state index is 5.11. The molecule has 0 bridgehead atoms. The molecule has 0 radical (unpaired) electrons. The van der Waals surface area contributed by atoms with Crippen molar-refractivity contribution in [3.8, 4) is 0 Å². The van der Waals surface area contributed by atoms with E-state index in [0.717, 1.165) is 6.42 Å². The number of methoxy groups -OCH3 is 1. The molecular formula is C15H22OS. The van der Waals surface area contributed by atoms with Gasteiger partial charge in [-0.1, -0.05) is 50.3 Å². The number of ether oxygens (including phenoxy) is 1. The van der Waals surface area contributed by atoms with Crippen molar-refractivity contribution in [3.05, 3.63) is 47.4 Å². The third-order valence-corrected chi connectivity index (χ3v) is 4.02. The molecule has 0 amide bonds. The van der Waals surface area contributed by atoms with Crippen molar-refractivity contribution < 1.29 is 4.74 Å². The molecule has 1 aliphatic rings. The molecular weight excluding hydrogens is 228 g/mol. The highest BCUT2D eigenvalue weighted by molar-refractivity contribution is 8.04. The normalized spacial score (nSPS) is 24.8. The lowest BCUT2D eigenvalue weighted by molar-refractivity contribution is 0.233. The first kappa shape index (κ1) is 14.3. The van der Waals surface area contributed by atoms with Crippen LogP contribution in [0.1, 0.15) is 20.3 Å². The van der Waals surface area contributed by atoms with E-state index < -0.39 is 0 Å². The summed E-state index contributed by atoms with van der Waals surface area (Å²) < 4.78 is 5.11. The Morgan fingerprint density at radius 1 is 1.35 bits per heavy atom. The Morgan fingerprint density at radius 2 is 2.12 bits per heavy atom. The van der Waals surface area contributed by atoms with Gasteiger partial charge < -0.3 is 4.74 Å². The quantitative estimate of drug-likeness (QED) is 0.648. The first-order valence-electron chi connectivity index (χ1n) is 6.15. The first-order chi connectivity index (χ1) is 8.27. The predicted octanol–water partition coefficient (Wildman–Crippen LogP) is 4.35. The summed E-state index contributed by atoms with van der Waals surface area (Å²) in [6, 6.07) is 0. The Kier molecular flexibility index (Phi) is 7.06. The minimum Gasteiger partial charge on any atom is -0.381 e. The van der Waals surface area contributed by atoms with Gasteiger partial charge >= 0.3 is 0 Å². The lowest BCUT2D eigenvalue weighted by atomic mass is 10.0. The van der Waals surface area contributed by atoms with E-state index in [4.69, 9.17) is 4.74 Å². The Morgan fingerprint density at radius 3 is 2.76 bits per heavy atom. The summed E-state index contributed by atoms with van der Waals surface area (Å²) >= 11 is 1.91. The van der Waals surface area contributed by atoms with E-state index in [1.165, 1.54) is 4.91 Å². The third-order valence-electron chi connectivity index (χ3n) is 2.59. The van der Waals surface area contributed by atoms with Crippen LogP contribution in [-0.2, 0) is 4.74 Å². The molecule has 0 spiro atoms. The molecule has 1 rings (SSSR count). The summed E-state index contributed by atoms with van der Waals surface area (Å²) in [4.78, 5) is 1.30. The van der Waals surface area contributed by atoms with Crippen LogP contribution in [0.3, 0.4) is 0 Å². The van der Waals surface area contributed by atoms with E-state index in [1.54, 1.807) is 7.11 Å². The largest absolute Gasteiger partial charge is 0.381 e. The number of thioether (sulfide) groups is 1. The van der Waals surface area contributed by atoms with E-state index in [9.17, 15) is 0 Å². The van der Waals surface area contributed by atoms with Gasteiger partial charge in [-0.15, -0.1) is 11.8 Å². The number of allylic oxidation sites excluding steroid dienone is 5. The average Bonchev–Trinajstić information content (AvgIpc) is 2.35. The molecule has 17 heavy (non-hydrogen) atoms. The van der Waals surface area contributed by atoms with E-state index in [2.05, 4.69) is 56.4 Å². The molecule has 0 aliphatic heterocycles. The number of hydrogen-bond donors (Lipinski definition) is 0. The van der Waals surface area contributed by atoms with E-state index in [0.29, 0.717) is 17.8 Å². The molecule has 0 saturated heterocycles. The Hall–Kier alpha value is -0.730. The second-order valence-electron chi connectivity index (χ2n) is 4.08. The topological polar surface area (TPSA) is 9.23 Å². The second-order valence-corrected chi connectivity index (χ2v) is 5.34. The summed E-state index contributed by atoms with van der Waals surface area (Å²) in [7, 11) is 1.73. The van der Waals surface area contributed by atoms with E-state index in [-0.39, 0.29) is 0 Å². The predicted molar refractivity (Wildman–Crippen MR) is 78.2 cm³/mol. The van der Waals surface area contributed by atoms with Crippen molar-refractivity contribution in [2.75, 3.05) is 13.7 Å². The fourth-order valence-corrected chi connectivity index (χ4v) is 2.68. The monoisotopic (exact) mass is 250 g/mol. The van der Waals surface area contributed by atoms with E-state index in [1.807, 2.05) is 11.8 Å². The van der Waals surface area contributed by atoms with Crippen LogP contribution in [0.5, 0.6) is 0 Å². The van der Waals surface area contributed by atoms with Gasteiger partial charge in [0.15, 0.2) is 0 Å². The maximum Gasteiger partial charge on any atom is 0.0657 e. The lowest BCUT2D eigenvalue weighted by Crippen LogP contribution is -2.11. The fourth-order valence-electron chi connectivity index (χ4n) is 1.56. The average molecular weight is 250 g/mol. The van der Waals surface area contributed by atoms with Gasteiger partial charge in [-0.3, -0.25) is 0 Å². The Labute approximate surface area is 109 Å². The van der Waals surface area contributed by atoms with Gasteiger partial charge in [0.25, 0.3) is 0 Å². The summed E-state index contributed by atoms with van der Waals surface area (Å²) in [5.41, 5.74) is 0. The van der Waals surface area contributed by atoms with Gasteiger partial charge in [0.2, 0.25) is 0 Å². The summed E-state index contributed by atoms with van der Waals surface area (Å²) in [6.07, 6.45) is 16.4. The standard InChI is InChI=1S/C15H22OS/c1-4-5-9-14(11-12-16-3)17-15-10-7-6-8-13(15)2/h5-11,13,15H,4,12H2,1-3H3/b9-5-,14-11+. The van der Waals surface area contributed by atoms with Crippen molar-refractivity contribution in [3.63, 3.8) is 0 Å². The van der Waals surface area contributed by atoms with E-state index >= 15 is 0 Å². The molecule has 1 nitrogen and oxygen atoms in total. The zero-order valence-electron chi connectivity index (χ0n) is 10.9. The SMILES string of the molecule is CC/C=C\C(=C/COC)SC1C=CC=CC1C. The maximum absolute atomic E-state index is 5.11. The number of rotatable bonds is 6. The van der Waals surface area contributed by atoms with Crippen LogP contribution < -0.4 is 0 Å². The summed E-state index contributed by atoms with van der Waals surface area (Å²) in [5.74, 6) is 0.589. The van der Waals surface area contributed by atoms with Crippen LogP contribution in [0.4, 0.5) is 0 Å². The van der Waals surface area contributed by atoms with Crippen molar-refractivity contribution in [1.82, 2.24) is 0 Å². The summed E-state index contributed by atoms with van der Waals surface area (Å²) in [5, 5.41) is 0.532. The second kappa shape index (κ2) is 8.37. The molecule has 0 aromatic rings. The van der Waals surface area contributed by atoms with Gasteiger partial charge in [0, 0.05) is 17.3 Å². The van der Waals surface area contributed by atoms with Crippen LogP contribution in [0.25, 0.3) is 0 Å². The van der Waals surface area contributed by atoms with Gasteiger partial charge in [-0.05, 0) is 18.4 Å². The molecule has 2 heteroatoms. The first-order valence-corrected chi connectivity index (χ1v) is 7.03. The molecule has 0 saturated carbocycles. The third kappa shape index (κ3) is 5.42. The van der Waals surface area contributed by atoms with Crippen LogP contribution in [0.15, 0.2) is 47.4 Å². The van der Waals surface area contributed by atoms with Crippen molar-refractivity contribution >= 4 is 11.8 Å². The summed E-state index contributed by atoms with van der Waals surface area (Å²) in [6.45, 7) is 5.09. The molecule has 0 aromatic heterocycles. The Balaban J connectivity index is 2.62. The van der Waals surface area contributed by atoms with Crippen LogP contribution >= 0.6 is 11.8 Å². The minimum atomic E-state index is 0.532. The van der Waals surface area contributed by atoms with Crippen LogP contribution in [0.2, 0.25) is 0 Å². The molecule has 2 unspecified atom stereocenters. The highest BCUT2D eigenvalue weighted by Crippen LogP contribution is 2.31. The highest BCUT2D eigenvalue weighted by Gasteiger charge is 2.15. The van der Waals surface area contributed by atoms with Crippen LogP contribution in [0, 0.1) is 5.92 Å².